The van der Waals surface area contributed by atoms with Crippen molar-refractivity contribution in [3.63, 3.8) is 0 Å². The molecule has 0 aliphatic carbocycles. The van der Waals surface area contributed by atoms with Gasteiger partial charge in [0, 0.05) is 0 Å². The molecule has 0 fully saturated rings. The van der Waals surface area contributed by atoms with Gasteiger partial charge < -0.3 is 5.53 Å². The number of rotatable bonds is 13. The van der Waals surface area contributed by atoms with Gasteiger partial charge in [-0.1, -0.05) is 0 Å². The molecule has 117 valence electrons. The van der Waals surface area contributed by atoms with Gasteiger partial charge in [0.05, 0.1) is 0 Å². The van der Waals surface area contributed by atoms with Crippen molar-refractivity contribution in [2.24, 2.45) is 5.11 Å². The molecule has 0 aliphatic heterocycles. The standard InChI is InChI=1S/C8H27B12N3S/c9-15-20(14)24(16-18(10)11,17-19(12)13)8-6-4-2-1-3-5-7-22-23-21/h15H,1-8,10-14H2/q-1/i9-1,10-1,11-1,12-1,13-1,14-1,15-1,16-1,17-1,18-1,19-1,20-1. The van der Waals surface area contributed by atoms with Crippen LogP contribution in [0.5, 0.6) is 0 Å². The van der Waals surface area contributed by atoms with Gasteiger partial charge >= 0.3 is 154 Å². The minimum absolute atomic E-state index is 0.575. The van der Waals surface area contributed by atoms with Gasteiger partial charge in [0.1, 0.15) is 0 Å². The van der Waals surface area contributed by atoms with Crippen LogP contribution < -0.4 is 0 Å². The molecule has 24 heavy (non-hydrogen) atoms. The van der Waals surface area contributed by atoms with Crippen LogP contribution in [0.1, 0.15) is 38.5 Å². The van der Waals surface area contributed by atoms with E-state index in [1.165, 1.54) is 37.9 Å². The third-order valence-corrected chi connectivity index (χ3v) is 8.99. The quantitative estimate of drug-likeness (QED) is 0.110. The molecule has 0 aromatic rings. The van der Waals surface area contributed by atoms with Crippen molar-refractivity contribution >= 4 is 92.9 Å². The Morgan fingerprint density at radius 3 is 1.92 bits per heavy atom. The van der Waals surface area contributed by atoms with E-state index in [0.717, 1.165) is 13.5 Å². The Balaban J connectivity index is 4.61. The first-order valence-electron chi connectivity index (χ1n) is 9.58. The van der Waals surface area contributed by atoms with Crippen molar-refractivity contribution < 1.29 is 0 Å². The fourth-order valence-electron chi connectivity index (χ4n) is 3.13. The summed E-state index contributed by atoms with van der Waals surface area (Å²) in [6.45, 7) is 0.643. The molecule has 0 N–H and O–H groups in total. The Hall–Kier alpha value is 0.439. The van der Waals surface area contributed by atoms with E-state index in [2.05, 4.69) is 60.8 Å². The van der Waals surface area contributed by atoms with E-state index in [1.807, 2.05) is 0 Å². The molecule has 0 amide bonds. The average molecular weight is 318 g/mol. The van der Waals surface area contributed by atoms with E-state index in [1.54, 1.807) is 0 Å². The fourth-order valence-corrected chi connectivity index (χ4v) is 7.52. The summed E-state index contributed by atoms with van der Waals surface area (Å²) in [5, 5.41) is 3.59. The number of hydrogen-bond donors (Lipinski definition) is 0. The molecule has 0 heterocycles. The Morgan fingerprint density at radius 2 is 1.46 bits per heavy atom. The van der Waals surface area contributed by atoms with Crippen LogP contribution in [-0.2, 0) is 0 Å². The van der Waals surface area contributed by atoms with Gasteiger partial charge in [-0.15, -0.1) is 0 Å². The van der Waals surface area contributed by atoms with Gasteiger partial charge in [0.15, 0.2) is 0 Å². The summed E-state index contributed by atoms with van der Waals surface area (Å²) < 4.78 is 0. The van der Waals surface area contributed by atoms with Crippen LogP contribution >= 0.6 is 8.73 Å². The minimum atomic E-state index is -0.859. The topological polar surface area (TPSA) is 48.8 Å². The predicted octanol–water partition coefficient (Wildman–Crippen LogP) is -3.68. The second kappa shape index (κ2) is 14.6. The summed E-state index contributed by atoms with van der Waals surface area (Å²) in [6, 6.07) is 5.23. The fraction of sp³-hybridized carbons (Fsp3) is 1.00. The van der Waals surface area contributed by atoms with E-state index < -0.39 is 8.73 Å². The number of azide groups is 1. The molecule has 16 heteroatoms. The van der Waals surface area contributed by atoms with Gasteiger partial charge in [0.25, 0.3) is 0 Å². The van der Waals surface area contributed by atoms with Crippen molar-refractivity contribution in [3.8, 4) is 0 Å². The first-order valence-corrected chi connectivity index (χ1v) is 11.6. The third-order valence-electron chi connectivity index (χ3n) is 4.20. The molecule has 0 saturated carbocycles. The zero-order valence-corrected chi connectivity index (χ0v) is 17.4. The van der Waals surface area contributed by atoms with Crippen LogP contribution in [-0.4, -0.2) is 96.4 Å². The van der Waals surface area contributed by atoms with Crippen molar-refractivity contribution in [2.45, 2.75) is 38.5 Å². The van der Waals surface area contributed by atoms with E-state index in [9.17, 15) is 0 Å². The van der Waals surface area contributed by atoms with Gasteiger partial charge in [-0.05, 0) is 0 Å². The zero-order chi connectivity index (χ0) is 18.4. The summed E-state index contributed by atoms with van der Waals surface area (Å²) in [4.78, 5) is 2.79. The number of hydrogen-bond acceptors (Lipinski definition) is 1. The first kappa shape index (κ1) is 24.4. The SMILES string of the molecule is [10B-][10BH][10B]([10BH2])S(=[10B][10B]([10BH2])[10BH2])(=[10B][10B]([10BH2])[10BH2])CCCCCCCCN=[N+]=[N-]. The van der Waals surface area contributed by atoms with E-state index in [-0.39, 0.29) is 0 Å². The molecule has 0 spiro atoms. The second-order valence-corrected chi connectivity index (χ2v) is 11.1. The summed E-state index contributed by atoms with van der Waals surface area (Å²) in [5.74, 6) is 1.87. The van der Waals surface area contributed by atoms with Crippen LogP contribution in [0.15, 0.2) is 5.11 Å². The molecule has 0 aromatic carbocycles. The van der Waals surface area contributed by atoms with Gasteiger partial charge in [-0.3, -0.25) is 0 Å². The Morgan fingerprint density at radius 1 is 0.958 bits per heavy atom. The summed E-state index contributed by atoms with van der Waals surface area (Å²) >= 11 is 0. The second-order valence-electron chi connectivity index (χ2n) is 7.49. The molecular weight excluding hydrogens is 290 g/mol. The van der Waals surface area contributed by atoms with Crippen molar-refractivity contribution in [1.29, 1.82) is 0 Å². The van der Waals surface area contributed by atoms with E-state index in [4.69, 9.17) is 13.3 Å². The summed E-state index contributed by atoms with van der Waals surface area (Å²) in [7, 11) is 17.5. The molecular formula is C8H27B12N3S-. The van der Waals surface area contributed by atoms with Crippen LogP contribution in [0.4, 0.5) is 0 Å². The molecule has 0 aromatic heterocycles. The number of nitrogens with zero attached hydrogens (tertiary/aromatic N) is 3. The monoisotopic (exact) mass is 317 g/mol. The van der Waals surface area contributed by atoms with Crippen LogP contribution in [0, 0.1) is 0 Å². The van der Waals surface area contributed by atoms with Crippen LogP contribution in [0.25, 0.3) is 10.4 Å². The Kier molecular flexibility index (Phi) is 14.9. The zero-order valence-electron chi connectivity index (χ0n) is 16.6. The molecule has 3 nitrogen and oxygen atoms in total. The maximum atomic E-state index is 8.25. The molecule has 0 aliphatic rings. The van der Waals surface area contributed by atoms with Gasteiger partial charge in [0.2, 0.25) is 0 Å². The average Bonchev–Trinajstić information content (AvgIpc) is 2.51. The predicted molar refractivity (Wildman–Crippen MR) is 139 cm³/mol. The molecule has 0 saturated heterocycles. The van der Waals surface area contributed by atoms with E-state index >= 15 is 0 Å². The molecule has 0 unspecified atom stereocenters. The summed E-state index contributed by atoms with van der Waals surface area (Å²) in [5.41, 5.74) is 8.25. The molecule has 0 rings (SSSR count). The third kappa shape index (κ3) is 11.1. The Labute approximate surface area is 159 Å². The number of unbranched alkanes of at least 4 members (excludes halogenated alkanes) is 5. The van der Waals surface area contributed by atoms with Gasteiger partial charge in [-0.2, -0.15) is 0 Å². The first-order chi connectivity index (χ1) is 11.4. The van der Waals surface area contributed by atoms with Crippen LogP contribution in [0.2, 0.25) is 0 Å². The Bertz CT molecular complexity index is 479. The van der Waals surface area contributed by atoms with Crippen molar-refractivity contribution in [2.75, 3.05) is 12.3 Å². The van der Waals surface area contributed by atoms with Crippen molar-refractivity contribution in [3.05, 3.63) is 10.4 Å². The van der Waals surface area contributed by atoms with E-state index in [0.29, 0.717) is 25.1 Å². The summed E-state index contributed by atoms with van der Waals surface area (Å²) in [6.07, 6.45) is 8.55. The maximum absolute atomic E-state index is 8.25. The molecule has 3 radical (unpaired) electrons. The van der Waals surface area contributed by atoms with Crippen LogP contribution in [0.3, 0.4) is 0 Å². The molecule has 0 bridgehead atoms. The molecule has 0 atom stereocenters. The van der Waals surface area contributed by atoms with Gasteiger partial charge in [-0.25, -0.2) is 0 Å². The van der Waals surface area contributed by atoms with Crippen molar-refractivity contribution in [1.82, 2.24) is 0 Å². The normalized spacial score (nSPS) is 10.0.